The van der Waals surface area contributed by atoms with Crippen LogP contribution in [0, 0.1) is 0 Å². The van der Waals surface area contributed by atoms with Crippen LogP contribution in [0.5, 0.6) is 0 Å². The number of amides is 1. The zero-order chi connectivity index (χ0) is 10.7. The third kappa shape index (κ3) is 2.78. The lowest BCUT2D eigenvalue weighted by molar-refractivity contribution is -0.128. The number of likely N-dealkylation sites (tertiary alicyclic amines) is 2. The Morgan fingerprint density at radius 1 is 1.00 bits per heavy atom. The number of carbonyl (C=O) groups is 2. The molecular formula is C11H18N2O2. The Morgan fingerprint density at radius 2 is 1.73 bits per heavy atom. The van der Waals surface area contributed by atoms with E-state index in [1.807, 2.05) is 0 Å². The van der Waals surface area contributed by atoms with E-state index >= 15 is 0 Å². The first-order valence-electron chi connectivity index (χ1n) is 5.77. The zero-order valence-corrected chi connectivity index (χ0v) is 9.07. The Kier molecular flexibility index (Phi) is 3.36. The minimum absolute atomic E-state index is 0.0111. The van der Waals surface area contributed by atoms with E-state index in [0.29, 0.717) is 6.54 Å². The normalized spacial score (nSPS) is 23.9. The number of Topliss-reactive ketones (excluding diaryl/α,β-unsaturated/α-hetero) is 1. The van der Waals surface area contributed by atoms with E-state index in [2.05, 4.69) is 4.90 Å². The molecule has 2 saturated heterocycles. The highest BCUT2D eigenvalue weighted by Crippen LogP contribution is 2.10. The lowest BCUT2D eigenvalue weighted by Crippen LogP contribution is -2.38. The number of ketones is 1. The van der Waals surface area contributed by atoms with Crippen LogP contribution >= 0.6 is 0 Å². The summed E-state index contributed by atoms with van der Waals surface area (Å²) in [6.07, 6.45) is 4.00. The average molecular weight is 210 g/mol. The van der Waals surface area contributed by atoms with Crippen LogP contribution in [0.4, 0.5) is 0 Å². The van der Waals surface area contributed by atoms with Crippen LogP contribution in [-0.4, -0.2) is 54.2 Å². The quantitative estimate of drug-likeness (QED) is 0.628. The van der Waals surface area contributed by atoms with E-state index < -0.39 is 0 Å². The Morgan fingerprint density at radius 3 is 2.33 bits per heavy atom. The van der Waals surface area contributed by atoms with Crippen molar-refractivity contribution in [1.82, 2.24) is 9.80 Å². The fourth-order valence-electron chi connectivity index (χ4n) is 2.29. The summed E-state index contributed by atoms with van der Waals surface area (Å²) in [7, 11) is 0. The maximum absolute atomic E-state index is 11.3. The molecule has 0 aromatic carbocycles. The van der Waals surface area contributed by atoms with Crippen LogP contribution in [0.2, 0.25) is 0 Å². The van der Waals surface area contributed by atoms with Crippen molar-refractivity contribution in [3.63, 3.8) is 0 Å². The zero-order valence-electron chi connectivity index (χ0n) is 9.07. The summed E-state index contributed by atoms with van der Waals surface area (Å²) >= 11 is 0. The fourth-order valence-corrected chi connectivity index (χ4v) is 2.29. The molecule has 0 N–H and O–H groups in total. The second kappa shape index (κ2) is 4.75. The van der Waals surface area contributed by atoms with Crippen molar-refractivity contribution in [2.75, 3.05) is 32.7 Å². The van der Waals surface area contributed by atoms with E-state index in [4.69, 9.17) is 0 Å². The van der Waals surface area contributed by atoms with Crippen molar-refractivity contribution in [1.29, 1.82) is 0 Å². The van der Waals surface area contributed by atoms with E-state index in [-0.39, 0.29) is 18.1 Å². The van der Waals surface area contributed by atoms with Gasteiger partial charge in [0.1, 0.15) is 0 Å². The highest BCUT2D eigenvalue weighted by molar-refractivity contribution is 6.05. The van der Waals surface area contributed by atoms with Gasteiger partial charge in [-0.2, -0.15) is 0 Å². The lowest BCUT2D eigenvalue weighted by atomic mass is 10.1. The Balaban J connectivity index is 1.73. The molecule has 2 heterocycles. The predicted octanol–water partition coefficient (Wildman–Crippen LogP) is 0.274. The van der Waals surface area contributed by atoms with Crippen LogP contribution in [0.25, 0.3) is 0 Å². The molecule has 2 aliphatic heterocycles. The van der Waals surface area contributed by atoms with E-state index in [0.717, 1.165) is 26.2 Å². The van der Waals surface area contributed by atoms with Crippen LogP contribution in [0.15, 0.2) is 0 Å². The molecule has 2 aliphatic rings. The third-order valence-corrected chi connectivity index (χ3v) is 3.20. The summed E-state index contributed by atoms with van der Waals surface area (Å²) < 4.78 is 0. The molecule has 1 amide bonds. The molecule has 15 heavy (non-hydrogen) atoms. The van der Waals surface area contributed by atoms with Gasteiger partial charge in [-0.3, -0.25) is 9.59 Å². The molecule has 0 radical (unpaired) electrons. The highest BCUT2D eigenvalue weighted by atomic mass is 16.2. The van der Waals surface area contributed by atoms with Crippen molar-refractivity contribution < 1.29 is 9.59 Å². The molecule has 0 spiro atoms. The Hall–Kier alpha value is -0.900. The topological polar surface area (TPSA) is 40.6 Å². The van der Waals surface area contributed by atoms with Gasteiger partial charge in [0, 0.05) is 13.1 Å². The number of nitrogens with zero attached hydrogens (tertiary/aromatic N) is 2. The van der Waals surface area contributed by atoms with Gasteiger partial charge in [0.25, 0.3) is 0 Å². The van der Waals surface area contributed by atoms with Crippen molar-refractivity contribution in [2.24, 2.45) is 0 Å². The van der Waals surface area contributed by atoms with Gasteiger partial charge in [0.05, 0.1) is 13.0 Å². The third-order valence-electron chi connectivity index (χ3n) is 3.20. The molecular weight excluding hydrogens is 192 g/mol. The SMILES string of the molecule is O=C1CC(=O)N(CCN2CCCCC2)C1. The van der Waals surface area contributed by atoms with Gasteiger partial charge in [0.15, 0.2) is 5.78 Å². The summed E-state index contributed by atoms with van der Waals surface area (Å²) in [4.78, 5) is 26.5. The number of rotatable bonds is 3. The van der Waals surface area contributed by atoms with Crippen LogP contribution in [0.1, 0.15) is 25.7 Å². The van der Waals surface area contributed by atoms with Gasteiger partial charge in [-0.05, 0) is 25.9 Å². The molecule has 0 unspecified atom stereocenters. The largest absolute Gasteiger partial charge is 0.334 e. The number of hydrogen-bond donors (Lipinski definition) is 0. The molecule has 4 nitrogen and oxygen atoms in total. The Bertz CT molecular complexity index is 259. The minimum atomic E-state index is 0.0111. The first-order valence-corrected chi connectivity index (χ1v) is 5.77. The minimum Gasteiger partial charge on any atom is -0.334 e. The van der Waals surface area contributed by atoms with E-state index in [9.17, 15) is 9.59 Å². The summed E-state index contributed by atoms with van der Waals surface area (Å²) in [6, 6.07) is 0. The fraction of sp³-hybridized carbons (Fsp3) is 0.818. The first-order chi connectivity index (χ1) is 7.25. The summed E-state index contributed by atoms with van der Waals surface area (Å²) in [5.41, 5.74) is 0. The second-order valence-electron chi connectivity index (χ2n) is 4.43. The predicted molar refractivity (Wildman–Crippen MR) is 56.5 cm³/mol. The van der Waals surface area contributed by atoms with Gasteiger partial charge in [-0.1, -0.05) is 6.42 Å². The maximum atomic E-state index is 11.3. The summed E-state index contributed by atoms with van der Waals surface area (Å²) in [5, 5.41) is 0. The molecule has 4 heteroatoms. The van der Waals surface area contributed by atoms with Crippen LogP contribution < -0.4 is 0 Å². The van der Waals surface area contributed by atoms with Crippen molar-refractivity contribution in [3.05, 3.63) is 0 Å². The second-order valence-corrected chi connectivity index (χ2v) is 4.43. The van der Waals surface area contributed by atoms with Gasteiger partial charge >= 0.3 is 0 Å². The van der Waals surface area contributed by atoms with Crippen LogP contribution in [-0.2, 0) is 9.59 Å². The number of hydrogen-bond acceptors (Lipinski definition) is 3. The molecule has 84 valence electrons. The highest BCUT2D eigenvalue weighted by Gasteiger charge is 2.27. The standard InChI is InChI=1S/C11H18N2O2/c14-10-8-11(15)13(9-10)7-6-12-4-2-1-3-5-12/h1-9H2. The molecule has 0 saturated carbocycles. The number of carbonyl (C=O) groups excluding carboxylic acids is 2. The number of piperidine rings is 1. The van der Waals surface area contributed by atoms with E-state index in [1.54, 1.807) is 4.90 Å². The Labute approximate surface area is 90.2 Å². The molecule has 0 aromatic rings. The monoisotopic (exact) mass is 210 g/mol. The maximum Gasteiger partial charge on any atom is 0.230 e. The summed E-state index contributed by atoms with van der Waals surface area (Å²) in [5.74, 6) is 0.0793. The van der Waals surface area contributed by atoms with Gasteiger partial charge in [-0.25, -0.2) is 0 Å². The van der Waals surface area contributed by atoms with E-state index in [1.165, 1.54) is 19.3 Å². The lowest BCUT2D eigenvalue weighted by Gasteiger charge is -2.28. The first kappa shape index (κ1) is 10.6. The molecule has 0 atom stereocenters. The van der Waals surface area contributed by atoms with Gasteiger partial charge in [0.2, 0.25) is 5.91 Å². The average Bonchev–Trinajstić information content (AvgIpc) is 2.56. The molecule has 0 aliphatic carbocycles. The molecule has 0 aromatic heterocycles. The molecule has 2 rings (SSSR count). The molecule has 2 fully saturated rings. The van der Waals surface area contributed by atoms with Crippen LogP contribution in [0.3, 0.4) is 0 Å². The van der Waals surface area contributed by atoms with Crippen molar-refractivity contribution in [2.45, 2.75) is 25.7 Å². The molecule has 0 bridgehead atoms. The van der Waals surface area contributed by atoms with Crippen molar-refractivity contribution >= 4 is 11.7 Å². The summed E-state index contributed by atoms with van der Waals surface area (Å²) in [6.45, 7) is 4.29. The van der Waals surface area contributed by atoms with Gasteiger partial charge < -0.3 is 9.80 Å². The smallest absolute Gasteiger partial charge is 0.230 e. The van der Waals surface area contributed by atoms with Gasteiger partial charge in [-0.15, -0.1) is 0 Å². The van der Waals surface area contributed by atoms with Crippen molar-refractivity contribution in [3.8, 4) is 0 Å².